The minimum absolute atomic E-state index is 0.790. The summed E-state index contributed by atoms with van der Waals surface area (Å²) in [5, 5.41) is 0. The minimum Gasteiger partial charge on any atom is -0.301 e. The molecule has 0 aromatic carbocycles. The summed E-state index contributed by atoms with van der Waals surface area (Å²) in [5.74, 6) is 4.41. The van der Waals surface area contributed by atoms with Gasteiger partial charge in [0.05, 0.1) is 0 Å². The van der Waals surface area contributed by atoms with E-state index in [1.807, 2.05) is 0 Å². The SMILES string of the molecule is CCN1CCC(C23CC4CC(CC(C4)C2)C3)C1C. The Morgan fingerprint density at radius 2 is 1.56 bits per heavy atom. The highest BCUT2D eigenvalue weighted by molar-refractivity contribution is 5.07. The third-order valence-corrected chi connectivity index (χ3v) is 7.16. The Labute approximate surface area is 112 Å². The predicted octanol–water partition coefficient (Wildman–Crippen LogP) is 3.93. The van der Waals surface area contributed by atoms with Gasteiger partial charge in [0.1, 0.15) is 0 Å². The Hall–Kier alpha value is -0.0400. The first-order valence-electron chi connectivity index (χ1n) is 8.44. The van der Waals surface area contributed by atoms with E-state index in [4.69, 9.17) is 0 Å². The Morgan fingerprint density at radius 1 is 1.00 bits per heavy atom. The Bertz CT molecular complexity index is 299. The summed E-state index contributed by atoms with van der Waals surface area (Å²) >= 11 is 0. The largest absolute Gasteiger partial charge is 0.301 e. The molecule has 0 N–H and O–H groups in total. The molecule has 0 amide bonds. The molecule has 2 unspecified atom stereocenters. The van der Waals surface area contributed by atoms with Crippen LogP contribution in [-0.2, 0) is 0 Å². The van der Waals surface area contributed by atoms with E-state index in [-0.39, 0.29) is 0 Å². The zero-order valence-corrected chi connectivity index (χ0v) is 12.2. The summed E-state index contributed by atoms with van der Waals surface area (Å²) in [7, 11) is 0. The van der Waals surface area contributed by atoms with E-state index in [1.54, 1.807) is 38.5 Å². The molecule has 18 heavy (non-hydrogen) atoms. The third kappa shape index (κ3) is 1.55. The van der Waals surface area contributed by atoms with E-state index in [0.29, 0.717) is 0 Å². The van der Waals surface area contributed by atoms with Gasteiger partial charge in [-0.05, 0) is 94.0 Å². The molecular formula is C17H29N. The molecule has 1 heteroatoms. The fourth-order valence-corrected chi connectivity index (χ4v) is 6.90. The molecule has 0 aromatic rings. The van der Waals surface area contributed by atoms with Crippen molar-refractivity contribution in [3.05, 3.63) is 0 Å². The number of hydrogen-bond donors (Lipinski definition) is 0. The topological polar surface area (TPSA) is 3.24 Å². The monoisotopic (exact) mass is 247 g/mol. The van der Waals surface area contributed by atoms with Gasteiger partial charge < -0.3 is 4.90 Å². The van der Waals surface area contributed by atoms with Gasteiger partial charge in [-0.2, -0.15) is 0 Å². The second-order valence-electron chi connectivity index (χ2n) is 8.04. The van der Waals surface area contributed by atoms with E-state index in [9.17, 15) is 0 Å². The molecule has 1 aliphatic heterocycles. The molecule has 102 valence electrons. The summed E-state index contributed by atoms with van der Waals surface area (Å²) in [4.78, 5) is 2.74. The van der Waals surface area contributed by atoms with Crippen molar-refractivity contribution in [2.45, 2.75) is 64.8 Å². The minimum atomic E-state index is 0.790. The Morgan fingerprint density at radius 3 is 2.00 bits per heavy atom. The first-order valence-corrected chi connectivity index (χ1v) is 8.44. The van der Waals surface area contributed by atoms with Gasteiger partial charge in [-0.3, -0.25) is 0 Å². The van der Waals surface area contributed by atoms with E-state index >= 15 is 0 Å². The van der Waals surface area contributed by atoms with Crippen molar-refractivity contribution in [2.75, 3.05) is 13.1 Å². The Kier molecular flexibility index (Phi) is 2.60. The van der Waals surface area contributed by atoms with Crippen LogP contribution in [0.3, 0.4) is 0 Å². The van der Waals surface area contributed by atoms with E-state index in [0.717, 1.165) is 35.1 Å². The first kappa shape index (κ1) is 11.8. The van der Waals surface area contributed by atoms with Crippen LogP contribution < -0.4 is 0 Å². The van der Waals surface area contributed by atoms with Crippen molar-refractivity contribution in [1.82, 2.24) is 4.90 Å². The summed E-state index contributed by atoms with van der Waals surface area (Å²) in [6.45, 7) is 7.52. The van der Waals surface area contributed by atoms with Crippen molar-refractivity contribution in [2.24, 2.45) is 29.1 Å². The molecular weight excluding hydrogens is 218 g/mol. The fourth-order valence-electron chi connectivity index (χ4n) is 6.90. The fraction of sp³-hybridized carbons (Fsp3) is 1.00. The molecule has 1 saturated heterocycles. The highest BCUT2D eigenvalue weighted by Gasteiger charge is 2.56. The smallest absolute Gasteiger partial charge is 0.0101 e. The lowest BCUT2D eigenvalue weighted by Gasteiger charge is -2.60. The van der Waals surface area contributed by atoms with Gasteiger partial charge in [0.25, 0.3) is 0 Å². The van der Waals surface area contributed by atoms with Crippen LogP contribution in [0.4, 0.5) is 0 Å². The molecule has 0 radical (unpaired) electrons. The molecule has 4 aliphatic carbocycles. The molecule has 1 heterocycles. The molecule has 4 saturated carbocycles. The highest BCUT2D eigenvalue weighted by atomic mass is 15.2. The molecule has 0 spiro atoms. The lowest BCUT2D eigenvalue weighted by molar-refractivity contribution is -0.0923. The first-order chi connectivity index (χ1) is 8.70. The highest BCUT2D eigenvalue weighted by Crippen LogP contribution is 2.64. The lowest BCUT2D eigenvalue weighted by atomic mass is 9.46. The summed E-state index contributed by atoms with van der Waals surface area (Å²) in [5.41, 5.74) is 0.790. The maximum absolute atomic E-state index is 2.74. The average Bonchev–Trinajstić information content (AvgIpc) is 2.69. The maximum Gasteiger partial charge on any atom is 0.0101 e. The van der Waals surface area contributed by atoms with Gasteiger partial charge >= 0.3 is 0 Å². The molecule has 5 rings (SSSR count). The third-order valence-electron chi connectivity index (χ3n) is 7.16. The van der Waals surface area contributed by atoms with Crippen LogP contribution in [0.5, 0.6) is 0 Å². The van der Waals surface area contributed by atoms with Crippen LogP contribution in [-0.4, -0.2) is 24.0 Å². The molecule has 4 bridgehead atoms. The van der Waals surface area contributed by atoms with Crippen LogP contribution >= 0.6 is 0 Å². The predicted molar refractivity (Wildman–Crippen MR) is 75.4 cm³/mol. The zero-order valence-electron chi connectivity index (χ0n) is 12.2. The maximum atomic E-state index is 2.74. The van der Waals surface area contributed by atoms with Crippen LogP contribution in [0.25, 0.3) is 0 Å². The number of likely N-dealkylation sites (tertiary alicyclic amines) is 1. The van der Waals surface area contributed by atoms with Gasteiger partial charge in [-0.15, -0.1) is 0 Å². The quantitative estimate of drug-likeness (QED) is 0.714. The Balaban J connectivity index is 1.60. The van der Waals surface area contributed by atoms with Crippen molar-refractivity contribution in [1.29, 1.82) is 0 Å². The standard InChI is InChI=1S/C17H29N/c1-3-18-5-4-16(12(18)2)17-9-13-6-14(10-17)8-15(7-13)11-17/h12-16H,3-11H2,1-2H3. The van der Waals surface area contributed by atoms with Crippen LogP contribution in [0.2, 0.25) is 0 Å². The van der Waals surface area contributed by atoms with Gasteiger partial charge in [0.2, 0.25) is 0 Å². The van der Waals surface area contributed by atoms with Crippen LogP contribution in [0, 0.1) is 29.1 Å². The van der Waals surface area contributed by atoms with Crippen molar-refractivity contribution >= 4 is 0 Å². The molecule has 5 aliphatic rings. The second kappa shape index (κ2) is 3.98. The number of rotatable bonds is 2. The normalized spacial score (nSPS) is 55.3. The molecule has 2 atom stereocenters. The second-order valence-corrected chi connectivity index (χ2v) is 8.04. The average molecular weight is 247 g/mol. The summed E-state index contributed by atoms with van der Waals surface area (Å²) in [6, 6.07) is 0.867. The van der Waals surface area contributed by atoms with E-state index < -0.39 is 0 Å². The van der Waals surface area contributed by atoms with Gasteiger partial charge in [-0.25, -0.2) is 0 Å². The molecule has 5 fully saturated rings. The molecule has 1 nitrogen and oxygen atoms in total. The molecule has 0 aromatic heterocycles. The van der Waals surface area contributed by atoms with Crippen molar-refractivity contribution in [3.8, 4) is 0 Å². The van der Waals surface area contributed by atoms with Gasteiger partial charge in [0.15, 0.2) is 0 Å². The number of hydrogen-bond acceptors (Lipinski definition) is 1. The lowest BCUT2D eigenvalue weighted by Crippen LogP contribution is -2.51. The van der Waals surface area contributed by atoms with Crippen molar-refractivity contribution < 1.29 is 0 Å². The number of nitrogens with zero attached hydrogens (tertiary/aromatic N) is 1. The zero-order chi connectivity index (χ0) is 12.3. The van der Waals surface area contributed by atoms with E-state index in [1.165, 1.54) is 19.5 Å². The summed E-state index contributed by atoms with van der Waals surface area (Å²) < 4.78 is 0. The van der Waals surface area contributed by atoms with Crippen molar-refractivity contribution in [3.63, 3.8) is 0 Å². The van der Waals surface area contributed by atoms with E-state index in [2.05, 4.69) is 18.7 Å². The van der Waals surface area contributed by atoms with Gasteiger partial charge in [0, 0.05) is 6.04 Å². The summed E-state index contributed by atoms with van der Waals surface area (Å²) in [6.07, 6.45) is 11.1. The van der Waals surface area contributed by atoms with Crippen LogP contribution in [0.1, 0.15) is 58.8 Å². The van der Waals surface area contributed by atoms with Crippen LogP contribution in [0.15, 0.2) is 0 Å². The van der Waals surface area contributed by atoms with Gasteiger partial charge in [-0.1, -0.05) is 6.92 Å².